The number of phosphoric acid groups is 2. The Labute approximate surface area is 530 Å². The van der Waals surface area contributed by atoms with E-state index in [1.54, 1.807) is 0 Å². The minimum atomic E-state index is -4.95. The predicted molar refractivity (Wildman–Crippen MR) is 349 cm³/mol. The summed E-state index contributed by atoms with van der Waals surface area (Å²) < 4.78 is 68.2. The van der Waals surface area contributed by atoms with E-state index in [9.17, 15) is 43.2 Å². The molecule has 0 saturated heterocycles. The Morgan fingerprint density at radius 3 is 0.816 bits per heavy atom. The monoisotopic (exact) mass is 1280 g/mol. The number of carbonyl (C=O) groups is 4. The second-order valence-electron chi connectivity index (χ2n) is 26.2. The van der Waals surface area contributed by atoms with Crippen molar-refractivity contribution in [2.75, 3.05) is 39.6 Å². The van der Waals surface area contributed by atoms with E-state index in [-0.39, 0.29) is 25.7 Å². The fourth-order valence-electron chi connectivity index (χ4n) is 10.1. The maximum absolute atomic E-state index is 13.0. The highest BCUT2D eigenvalue weighted by molar-refractivity contribution is 7.47. The van der Waals surface area contributed by atoms with E-state index in [2.05, 4.69) is 55.4 Å². The van der Waals surface area contributed by atoms with Crippen LogP contribution >= 0.6 is 15.6 Å². The third-order valence-corrected chi connectivity index (χ3v) is 17.8. The van der Waals surface area contributed by atoms with Gasteiger partial charge < -0.3 is 33.8 Å². The van der Waals surface area contributed by atoms with E-state index < -0.39 is 97.5 Å². The van der Waals surface area contributed by atoms with Gasteiger partial charge >= 0.3 is 39.5 Å². The lowest BCUT2D eigenvalue weighted by Crippen LogP contribution is -2.30. The molecule has 87 heavy (non-hydrogen) atoms. The molecule has 0 bridgehead atoms. The van der Waals surface area contributed by atoms with Crippen molar-refractivity contribution in [1.29, 1.82) is 0 Å². The lowest BCUT2D eigenvalue weighted by molar-refractivity contribution is -0.161. The van der Waals surface area contributed by atoms with Crippen LogP contribution in [0.5, 0.6) is 0 Å². The molecule has 3 N–H and O–H groups in total. The lowest BCUT2D eigenvalue weighted by atomic mass is 9.99. The summed E-state index contributed by atoms with van der Waals surface area (Å²) in [6, 6.07) is 0. The zero-order valence-electron chi connectivity index (χ0n) is 56.6. The molecular weight excluding hydrogens is 1150 g/mol. The summed E-state index contributed by atoms with van der Waals surface area (Å²) in [6.07, 6.45) is 39.0. The quantitative estimate of drug-likeness (QED) is 0.0222. The fourth-order valence-corrected chi connectivity index (χ4v) is 11.7. The average molecular weight is 1280 g/mol. The van der Waals surface area contributed by atoms with Gasteiger partial charge in [0.1, 0.15) is 19.3 Å². The zero-order valence-corrected chi connectivity index (χ0v) is 58.4. The Balaban J connectivity index is 5.24. The second-order valence-corrected chi connectivity index (χ2v) is 29.1. The van der Waals surface area contributed by atoms with Gasteiger partial charge in [0, 0.05) is 25.7 Å². The SMILES string of the molecule is CCC(C)CCCCCCCCCCC(=O)OC[C@H](COP(=O)(O)OCC(O)COP(=O)(O)OC[C@@H](COC(=O)CCCCCCCCCC(C)C)OC(=O)CCCCCCCCCCCCCCC(C)C)OC(=O)CCCCCCCCCC(C)C. The molecule has 0 aliphatic rings. The van der Waals surface area contributed by atoms with E-state index in [1.807, 2.05) is 0 Å². The summed E-state index contributed by atoms with van der Waals surface area (Å²) in [7, 11) is -9.90. The highest BCUT2D eigenvalue weighted by atomic mass is 31.2. The minimum Gasteiger partial charge on any atom is -0.462 e. The van der Waals surface area contributed by atoms with Crippen LogP contribution in [0.15, 0.2) is 0 Å². The van der Waals surface area contributed by atoms with Crippen molar-refractivity contribution in [1.82, 2.24) is 0 Å². The van der Waals surface area contributed by atoms with E-state index in [1.165, 1.54) is 128 Å². The maximum atomic E-state index is 13.0. The molecule has 516 valence electrons. The highest BCUT2D eigenvalue weighted by Crippen LogP contribution is 2.45. The first kappa shape index (κ1) is 85.1. The van der Waals surface area contributed by atoms with Crippen LogP contribution in [-0.4, -0.2) is 96.7 Å². The number of aliphatic hydroxyl groups is 1. The first-order valence-corrected chi connectivity index (χ1v) is 38.2. The Bertz CT molecular complexity index is 1730. The summed E-state index contributed by atoms with van der Waals surface area (Å²) >= 11 is 0. The van der Waals surface area contributed by atoms with Gasteiger partial charge in [0.15, 0.2) is 12.2 Å². The topological polar surface area (TPSA) is 237 Å². The molecule has 0 spiro atoms. The van der Waals surface area contributed by atoms with Crippen LogP contribution in [0.1, 0.15) is 331 Å². The molecule has 0 amide bonds. The number of rotatable bonds is 65. The van der Waals surface area contributed by atoms with Gasteiger partial charge in [0.25, 0.3) is 0 Å². The van der Waals surface area contributed by atoms with Crippen molar-refractivity contribution in [3.8, 4) is 0 Å². The van der Waals surface area contributed by atoms with Crippen molar-refractivity contribution >= 4 is 39.5 Å². The van der Waals surface area contributed by atoms with Crippen molar-refractivity contribution in [3.63, 3.8) is 0 Å². The molecule has 0 aliphatic heterocycles. The number of esters is 4. The average Bonchev–Trinajstić information content (AvgIpc) is 3.69. The van der Waals surface area contributed by atoms with Gasteiger partial charge in [-0.25, -0.2) is 9.13 Å². The van der Waals surface area contributed by atoms with Crippen molar-refractivity contribution in [2.24, 2.45) is 23.7 Å². The second kappa shape index (κ2) is 57.9. The molecular formula is C68H132O17P2. The molecule has 0 saturated carbocycles. The molecule has 0 aromatic carbocycles. The molecule has 4 unspecified atom stereocenters. The van der Waals surface area contributed by atoms with Gasteiger partial charge in [-0.1, -0.05) is 280 Å². The third kappa shape index (κ3) is 61.3. The molecule has 0 rings (SSSR count). The number of unbranched alkanes of at least 4 members (excludes halogenated alkanes) is 30. The van der Waals surface area contributed by atoms with E-state index in [0.717, 1.165) is 108 Å². The van der Waals surface area contributed by atoms with Crippen molar-refractivity contribution in [3.05, 3.63) is 0 Å². The van der Waals surface area contributed by atoms with Gasteiger partial charge in [0.05, 0.1) is 26.4 Å². The third-order valence-electron chi connectivity index (χ3n) is 15.9. The summed E-state index contributed by atoms with van der Waals surface area (Å²) in [5, 5.41) is 10.6. The maximum Gasteiger partial charge on any atom is 0.472 e. The normalized spacial score (nSPS) is 14.6. The van der Waals surface area contributed by atoms with Gasteiger partial charge in [0.2, 0.25) is 0 Å². The molecule has 0 fully saturated rings. The molecule has 0 heterocycles. The van der Waals surface area contributed by atoms with E-state index in [0.29, 0.717) is 37.5 Å². The number of aliphatic hydroxyl groups excluding tert-OH is 1. The van der Waals surface area contributed by atoms with Crippen LogP contribution in [0.2, 0.25) is 0 Å². The molecule has 0 aliphatic carbocycles. The van der Waals surface area contributed by atoms with Crippen LogP contribution in [0, 0.1) is 23.7 Å². The molecule has 6 atom stereocenters. The Kier molecular flexibility index (Phi) is 56.6. The van der Waals surface area contributed by atoms with Crippen LogP contribution in [0.3, 0.4) is 0 Å². The van der Waals surface area contributed by atoms with Crippen LogP contribution in [0.25, 0.3) is 0 Å². The van der Waals surface area contributed by atoms with Crippen LogP contribution < -0.4 is 0 Å². The Hall–Kier alpha value is -1.94. The summed E-state index contributed by atoms with van der Waals surface area (Å²) in [4.78, 5) is 72.4. The lowest BCUT2D eigenvalue weighted by Gasteiger charge is -2.21. The minimum absolute atomic E-state index is 0.102. The zero-order chi connectivity index (χ0) is 64.7. The van der Waals surface area contributed by atoms with E-state index >= 15 is 0 Å². The molecule has 0 aromatic rings. The van der Waals surface area contributed by atoms with Crippen molar-refractivity contribution in [2.45, 2.75) is 350 Å². The largest absolute Gasteiger partial charge is 0.472 e. The smallest absolute Gasteiger partial charge is 0.462 e. The summed E-state index contributed by atoms with van der Waals surface area (Å²) in [5.41, 5.74) is 0. The standard InChI is InChI=1S/C68H132O17P2/c1-9-61(8)47-39-31-23-16-17-24-32-40-48-65(70)78-54-64(85-68(73)51-43-35-27-19-22-30-38-46-60(6)7)57-83-87(76,77)81-53-62(69)52-80-86(74,75)82-56-63(55-79-66(71)49-41-33-26-18-21-29-37-45-59(4)5)84-67(72)50-42-34-25-15-13-11-10-12-14-20-28-36-44-58(2)3/h58-64,69H,9-57H2,1-8H3,(H,74,75)(H,76,77)/t61?,62?,63-,64-/m1/s1. The van der Waals surface area contributed by atoms with Gasteiger partial charge in [-0.05, 0) is 49.4 Å². The van der Waals surface area contributed by atoms with Crippen molar-refractivity contribution < 1.29 is 80.2 Å². The molecule has 17 nitrogen and oxygen atoms in total. The van der Waals surface area contributed by atoms with E-state index in [4.69, 9.17) is 37.0 Å². The Morgan fingerprint density at radius 2 is 0.552 bits per heavy atom. The summed E-state index contributed by atoms with van der Waals surface area (Å²) in [6.45, 7) is 14.0. The number of phosphoric ester groups is 2. The number of ether oxygens (including phenoxy) is 4. The number of hydrogen-bond donors (Lipinski definition) is 3. The number of hydrogen-bond acceptors (Lipinski definition) is 15. The van der Waals surface area contributed by atoms with Gasteiger partial charge in [-0.2, -0.15) is 0 Å². The van der Waals surface area contributed by atoms with Crippen LogP contribution in [0.4, 0.5) is 0 Å². The predicted octanol–water partition coefficient (Wildman–Crippen LogP) is 18.9. The van der Waals surface area contributed by atoms with Gasteiger partial charge in [-0.15, -0.1) is 0 Å². The molecule has 0 aromatic heterocycles. The highest BCUT2D eigenvalue weighted by Gasteiger charge is 2.30. The molecule has 0 radical (unpaired) electrons. The summed E-state index contributed by atoms with van der Waals surface area (Å²) in [5.74, 6) is 0.820. The van der Waals surface area contributed by atoms with Crippen LogP contribution in [-0.2, 0) is 65.4 Å². The number of carbonyl (C=O) groups excluding carboxylic acids is 4. The first-order chi connectivity index (χ1) is 41.6. The Morgan fingerprint density at radius 1 is 0.322 bits per heavy atom. The first-order valence-electron chi connectivity index (χ1n) is 35.2. The fraction of sp³-hybridized carbons (Fsp3) is 0.941. The van der Waals surface area contributed by atoms with Gasteiger partial charge in [-0.3, -0.25) is 37.3 Å². The molecule has 19 heteroatoms.